The second-order valence-corrected chi connectivity index (χ2v) is 4.03. The van der Waals surface area contributed by atoms with Crippen molar-refractivity contribution in [2.45, 2.75) is 25.9 Å². The topological polar surface area (TPSA) is 33.3 Å². The summed E-state index contributed by atoms with van der Waals surface area (Å²) in [5.41, 5.74) is 0.910. The van der Waals surface area contributed by atoms with Gasteiger partial charge in [0.15, 0.2) is 0 Å². The maximum atomic E-state index is 11.9. The number of likely N-dealkylation sites (N-methyl/N-ethyl adjacent to an activating group) is 1. The Balaban J connectivity index is 2.45. The average molecular weight is 262 g/mol. The van der Waals surface area contributed by atoms with Gasteiger partial charge in [0.2, 0.25) is 0 Å². The third kappa shape index (κ3) is 5.88. The van der Waals surface area contributed by atoms with Crippen molar-refractivity contribution in [2.24, 2.45) is 0 Å². The first-order chi connectivity index (χ1) is 8.40. The molecule has 0 spiro atoms. The second kappa shape index (κ2) is 6.61. The molecule has 1 aromatic carbocycles. The minimum absolute atomic E-state index is 0.200. The van der Waals surface area contributed by atoms with Gasteiger partial charge in [0, 0.05) is 19.1 Å². The van der Waals surface area contributed by atoms with Crippen LogP contribution in [-0.4, -0.2) is 26.0 Å². The van der Waals surface area contributed by atoms with Crippen LogP contribution in [0.1, 0.15) is 12.5 Å². The molecular formula is C12H17F3N2O. The summed E-state index contributed by atoms with van der Waals surface area (Å²) in [5, 5.41) is 6.27. The molecule has 1 atom stereocenters. The lowest BCUT2D eigenvalue weighted by Crippen LogP contribution is -2.34. The summed E-state index contributed by atoms with van der Waals surface area (Å²) in [6, 6.07) is 6.14. The maximum Gasteiger partial charge on any atom is 0.573 e. The molecule has 0 fully saturated rings. The molecule has 6 heteroatoms. The van der Waals surface area contributed by atoms with Crippen LogP contribution < -0.4 is 15.4 Å². The van der Waals surface area contributed by atoms with Crippen molar-refractivity contribution in [3.05, 3.63) is 29.8 Å². The highest BCUT2D eigenvalue weighted by Crippen LogP contribution is 2.22. The Morgan fingerprint density at radius 2 is 1.83 bits per heavy atom. The van der Waals surface area contributed by atoms with Crippen molar-refractivity contribution in [1.29, 1.82) is 0 Å². The Labute approximate surface area is 104 Å². The SMILES string of the molecule is CNCC(C)NCc1ccc(OC(F)(F)F)cc1. The zero-order valence-corrected chi connectivity index (χ0v) is 10.3. The molecule has 1 unspecified atom stereocenters. The van der Waals surface area contributed by atoms with Gasteiger partial charge in [-0.15, -0.1) is 13.2 Å². The standard InChI is InChI=1S/C12H17F3N2O/c1-9(7-16-2)17-8-10-3-5-11(6-4-10)18-12(13,14)15/h3-6,9,16-17H,7-8H2,1-2H3. The van der Waals surface area contributed by atoms with Gasteiger partial charge in [0.25, 0.3) is 0 Å². The van der Waals surface area contributed by atoms with Gasteiger partial charge < -0.3 is 15.4 Å². The van der Waals surface area contributed by atoms with E-state index in [-0.39, 0.29) is 5.75 Å². The van der Waals surface area contributed by atoms with E-state index in [4.69, 9.17) is 0 Å². The Morgan fingerprint density at radius 1 is 1.22 bits per heavy atom. The normalized spacial score (nSPS) is 13.4. The molecule has 0 radical (unpaired) electrons. The molecule has 0 aliphatic rings. The fourth-order valence-corrected chi connectivity index (χ4v) is 1.48. The number of benzene rings is 1. The van der Waals surface area contributed by atoms with E-state index in [1.54, 1.807) is 12.1 Å². The van der Waals surface area contributed by atoms with Crippen LogP contribution in [0.25, 0.3) is 0 Å². The van der Waals surface area contributed by atoms with Gasteiger partial charge in [0.1, 0.15) is 5.75 Å². The summed E-state index contributed by atoms with van der Waals surface area (Å²) in [6.45, 7) is 3.46. The Hall–Kier alpha value is -1.27. The lowest BCUT2D eigenvalue weighted by Gasteiger charge is -2.13. The molecule has 102 valence electrons. The summed E-state index contributed by atoms with van der Waals surface area (Å²) in [6.07, 6.45) is -4.64. The van der Waals surface area contributed by atoms with Crippen LogP contribution in [0.5, 0.6) is 5.75 Å². The Kier molecular flexibility index (Phi) is 5.43. The van der Waals surface area contributed by atoms with Crippen molar-refractivity contribution in [3.63, 3.8) is 0 Å². The third-order valence-corrected chi connectivity index (χ3v) is 2.32. The van der Waals surface area contributed by atoms with Gasteiger partial charge in [-0.05, 0) is 31.7 Å². The van der Waals surface area contributed by atoms with Crippen LogP contribution in [0, 0.1) is 0 Å². The summed E-state index contributed by atoms with van der Waals surface area (Å²) < 4.78 is 39.6. The monoisotopic (exact) mass is 262 g/mol. The molecule has 0 heterocycles. The number of halogens is 3. The van der Waals surface area contributed by atoms with Crippen molar-refractivity contribution in [2.75, 3.05) is 13.6 Å². The smallest absolute Gasteiger partial charge is 0.406 e. The number of alkyl halides is 3. The van der Waals surface area contributed by atoms with Gasteiger partial charge in [0.05, 0.1) is 0 Å². The van der Waals surface area contributed by atoms with E-state index in [2.05, 4.69) is 15.4 Å². The first-order valence-electron chi connectivity index (χ1n) is 5.63. The average Bonchev–Trinajstić information content (AvgIpc) is 2.26. The summed E-state index contributed by atoms with van der Waals surface area (Å²) in [4.78, 5) is 0. The highest BCUT2D eigenvalue weighted by molar-refractivity contribution is 5.27. The zero-order valence-electron chi connectivity index (χ0n) is 10.3. The minimum Gasteiger partial charge on any atom is -0.406 e. The van der Waals surface area contributed by atoms with E-state index in [1.807, 2.05) is 14.0 Å². The molecule has 2 N–H and O–H groups in total. The molecule has 1 rings (SSSR count). The summed E-state index contributed by atoms with van der Waals surface area (Å²) in [5.74, 6) is -0.200. The minimum atomic E-state index is -4.64. The molecule has 18 heavy (non-hydrogen) atoms. The lowest BCUT2D eigenvalue weighted by atomic mass is 10.2. The van der Waals surface area contributed by atoms with Crippen LogP contribution in [-0.2, 0) is 6.54 Å². The maximum absolute atomic E-state index is 11.9. The van der Waals surface area contributed by atoms with Crippen molar-refractivity contribution in [1.82, 2.24) is 10.6 Å². The molecule has 0 bridgehead atoms. The predicted octanol–water partition coefficient (Wildman–Crippen LogP) is 2.28. The number of hydrogen-bond acceptors (Lipinski definition) is 3. The lowest BCUT2D eigenvalue weighted by molar-refractivity contribution is -0.274. The Bertz CT molecular complexity index is 351. The van der Waals surface area contributed by atoms with Crippen LogP contribution in [0.4, 0.5) is 13.2 Å². The van der Waals surface area contributed by atoms with E-state index in [1.165, 1.54) is 12.1 Å². The van der Waals surface area contributed by atoms with Gasteiger partial charge >= 0.3 is 6.36 Å². The molecule has 0 aromatic heterocycles. The van der Waals surface area contributed by atoms with Crippen LogP contribution >= 0.6 is 0 Å². The third-order valence-electron chi connectivity index (χ3n) is 2.32. The molecule has 1 aromatic rings. The van der Waals surface area contributed by atoms with Gasteiger partial charge in [-0.3, -0.25) is 0 Å². The number of rotatable bonds is 6. The largest absolute Gasteiger partial charge is 0.573 e. The van der Waals surface area contributed by atoms with E-state index in [0.717, 1.165) is 12.1 Å². The van der Waals surface area contributed by atoms with Gasteiger partial charge in [-0.2, -0.15) is 0 Å². The molecular weight excluding hydrogens is 245 g/mol. The van der Waals surface area contributed by atoms with E-state index in [0.29, 0.717) is 12.6 Å². The highest BCUT2D eigenvalue weighted by atomic mass is 19.4. The quantitative estimate of drug-likeness (QED) is 0.825. The first kappa shape index (κ1) is 14.8. The Morgan fingerprint density at radius 3 is 2.33 bits per heavy atom. The fraction of sp³-hybridized carbons (Fsp3) is 0.500. The van der Waals surface area contributed by atoms with E-state index >= 15 is 0 Å². The number of nitrogens with one attached hydrogen (secondary N) is 2. The summed E-state index contributed by atoms with van der Waals surface area (Å²) in [7, 11) is 1.86. The number of ether oxygens (including phenoxy) is 1. The van der Waals surface area contributed by atoms with Crippen molar-refractivity contribution in [3.8, 4) is 5.75 Å². The second-order valence-electron chi connectivity index (χ2n) is 4.03. The molecule has 0 aliphatic carbocycles. The van der Waals surface area contributed by atoms with Crippen LogP contribution in [0.15, 0.2) is 24.3 Å². The van der Waals surface area contributed by atoms with Crippen LogP contribution in [0.3, 0.4) is 0 Å². The summed E-state index contributed by atoms with van der Waals surface area (Å²) >= 11 is 0. The van der Waals surface area contributed by atoms with Crippen molar-refractivity contribution < 1.29 is 17.9 Å². The number of hydrogen-bond donors (Lipinski definition) is 2. The van der Waals surface area contributed by atoms with E-state index in [9.17, 15) is 13.2 Å². The van der Waals surface area contributed by atoms with Crippen LogP contribution in [0.2, 0.25) is 0 Å². The molecule has 0 amide bonds. The molecule has 0 aliphatic heterocycles. The molecule has 0 saturated carbocycles. The highest BCUT2D eigenvalue weighted by Gasteiger charge is 2.30. The predicted molar refractivity (Wildman–Crippen MR) is 63.4 cm³/mol. The van der Waals surface area contributed by atoms with E-state index < -0.39 is 6.36 Å². The fourth-order valence-electron chi connectivity index (χ4n) is 1.48. The van der Waals surface area contributed by atoms with Crippen molar-refractivity contribution >= 4 is 0 Å². The van der Waals surface area contributed by atoms with Gasteiger partial charge in [-0.25, -0.2) is 0 Å². The zero-order chi connectivity index (χ0) is 13.6. The van der Waals surface area contributed by atoms with Gasteiger partial charge in [-0.1, -0.05) is 12.1 Å². The molecule has 0 saturated heterocycles. The molecule has 3 nitrogen and oxygen atoms in total. The first-order valence-corrected chi connectivity index (χ1v) is 5.63.